The topological polar surface area (TPSA) is 29.1 Å². The van der Waals surface area contributed by atoms with Gasteiger partial charge in [0.05, 0.1) is 6.42 Å². The molecule has 0 aliphatic rings. The minimum absolute atomic E-state index is 0.0500. The van der Waals surface area contributed by atoms with Crippen LogP contribution < -0.4 is 5.32 Å². The summed E-state index contributed by atoms with van der Waals surface area (Å²) in [5.41, 5.74) is 1.01. The smallest absolute Gasteiger partial charge is 0.224 e. The second kappa shape index (κ2) is 8.47. The number of carbonyl (C=O) groups is 1. The van der Waals surface area contributed by atoms with E-state index in [2.05, 4.69) is 21.2 Å². The van der Waals surface area contributed by atoms with Gasteiger partial charge in [0.2, 0.25) is 5.91 Å². The third kappa shape index (κ3) is 6.12. The van der Waals surface area contributed by atoms with Crippen LogP contribution in [0.3, 0.4) is 0 Å². The molecule has 0 aliphatic heterocycles. The van der Waals surface area contributed by atoms with Gasteiger partial charge in [-0.05, 0) is 42.0 Å². The average Bonchev–Trinajstić information content (AvgIpc) is 2.48. The van der Waals surface area contributed by atoms with Gasteiger partial charge < -0.3 is 5.32 Å². The van der Waals surface area contributed by atoms with Crippen molar-refractivity contribution in [3.8, 4) is 0 Å². The van der Waals surface area contributed by atoms with E-state index in [1.807, 2.05) is 48.5 Å². The number of hydrogen-bond acceptors (Lipinski definition) is 2. The van der Waals surface area contributed by atoms with Gasteiger partial charge in [0.25, 0.3) is 0 Å². The molecule has 1 amide bonds. The number of thioether (sulfide) groups is 1. The largest absolute Gasteiger partial charge is 0.355 e. The first-order valence-corrected chi connectivity index (χ1v) is 8.68. The fourth-order valence-electron chi connectivity index (χ4n) is 1.74. The van der Waals surface area contributed by atoms with Crippen molar-refractivity contribution in [3.05, 3.63) is 63.6 Å². The van der Waals surface area contributed by atoms with Crippen LogP contribution in [0.2, 0.25) is 5.02 Å². The van der Waals surface area contributed by atoms with E-state index in [1.54, 1.807) is 11.8 Å². The summed E-state index contributed by atoms with van der Waals surface area (Å²) in [6.45, 7) is 0.655. The normalized spacial score (nSPS) is 10.4. The van der Waals surface area contributed by atoms with Gasteiger partial charge in [-0.1, -0.05) is 39.7 Å². The predicted molar refractivity (Wildman–Crippen MR) is 93.0 cm³/mol. The molecule has 0 heterocycles. The summed E-state index contributed by atoms with van der Waals surface area (Å²) in [6.07, 6.45) is 0.416. The first-order chi connectivity index (χ1) is 10.1. The molecule has 2 nitrogen and oxygen atoms in total. The SMILES string of the molecule is O=C(Cc1ccc(Br)cc1)NCCSc1ccc(Cl)cc1. The van der Waals surface area contributed by atoms with Crippen molar-refractivity contribution in [1.82, 2.24) is 5.32 Å². The third-order valence-corrected chi connectivity index (χ3v) is 4.58. The molecule has 0 radical (unpaired) electrons. The fraction of sp³-hybridized carbons (Fsp3) is 0.188. The summed E-state index contributed by atoms with van der Waals surface area (Å²) < 4.78 is 1.02. The van der Waals surface area contributed by atoms with E-state index in [-0.39, 0.29) is 5.91 Å². The molecule has 0 aliphatic carbocycles. The van der Waals surface area contributed by atoms with Crippen molar-refractivity contribution in [1.29, 1.82) is 0 Å². The maximum Gasteiger partial charge on any atom is 0.224 e. The Bertz CT molecular complexity index is 586. The van der Waals surface area contributed by atoms with Gasteiger partial charge >= 0.3 is 0 Å². The molecule has 1 N–H and O–H groups in total. The molecule has 110 valence electrons. The maximum atomic E-state index is 11.8. The number of halogens is 2. The monoisotopic (exact) mass is 383 g/mol. The van der Waals surface area contributed by atoms with Crippen LogP contribution in [0, 0.1) is 0 Å². The van der Waals surface area contributed by atoms with E-state index < -0.39 is 0 Å². The average molecular weight is 385 g/mol. The van der Waals surface area contributed by atoms with E-state index >= 15 is 0 Å². The van der Waals surface area contributed by atoms with E-state index in [4.69, 9.17) is 11.6 Å². The van der Waals surface area contributed by atoms with Crippen LogP contribution in [0.5, 0.6) is 0 Å². The van der Waals surface area contributed by atoms with E-state index in [9.17, 15) is 4.79 Å². The van der Waals surface area contributed by atoms with Crippen molar-refractivity contribution in [3.63, 3.8) is 0 Å². The molecule has 0 saturated carbocycles. The predicted octanol–water partition coefficient (Wildman–Crippen LogP) is 4.55. The van der Waals surface area contributed by atoms with Crippen LogP contribution in [-0.2, 0) is 11.2 Å². The van der Waals surface area contributed by atoms with E-state index in [1.165, 1.54) is 0 Å². The highest BCUT2D eigenvalue weighted by molar-refractivity contribution is 9.10. The van der Waals surface area contributed by atoms with Gasteiger partial charge in [0.15, 0.2) is 0 Å². The summed E-state index contributed by atoms with van der Waals surface area (Å²) in [7, 11) is 0. The third-order valence-electron chi connectivity index (χ3n) is 2.78. The molecular formula is C16H15BrClNOS. The second-order valence-electron chi connectivity index (χ2n) is 4.46. The lowest BCUT2D eigenvalue weighted by Gasteiger charge is -2.06. The van der Waals surface area contributed by atoms with Gasteiger partial charge in [-0.3, -0.25) is 4.79 Å². The fourth-order valence-corrected chi connectivity index (χ4v) is 2.90. The molecule has 0 atom stereocenters. The zero-order chi connectivity index (χ0) is 15.1. The number of nitrogens with one attached hydrogen (secondary N) is 1. The minimum atomic E-state index is 0.0500. The number of carbonyl (C=O) groups excluding carboxylic acids is 1. The first kappa shape index (κ1) is 16.4. The van der Waals surface area contributed by atoms with Crippen LogP contribution in [0.25, 0.3) is 0 Å². The zero-order valence-corrected chi connectivity index (χ0v) is 14.5. The lowest BCUT2D eigenvalue weighted by Crippen LogP contribution is -2.27. The van der Waals surface area contributed by atoms with Gasteiger partial charge in [-0.25, -0.2) is 0 Å². The molecule has 0 unspecified atom stereocenters. The summed E-state index contributed by atoms with van der Waals surface area (Å²) in [5.74, 6) is 0.891. The maximum absolute atomic E-state index is 11.8. The Balaban J connectivity index is 1.67. The molecule has 0 fully saturated rings. The number of rotatable bonds is 6. The Morgan fingerprint density at radius 2 is 1.76 bits per heavy atom. The van der Waals surface area contributed by atoms with Crippen LogP contribution in [0.4, 0.5) is 0 Å². The van der Waals surface area contributed by atoms with E-state index in [0.29, 0.717) is 13.0 Å². The summed E-state index contributed by atoms with van der Waals surface area (Å²) in [6, 6.07) is 15.5. The second-order valence-corrected chi connectivity index (χ2v) is 6.98. The Labute approximate surface area is 142 Å². The highest BCUT2D eigenvalue weighted by Crippen LogP contribution is 2.19. The molecule has 5 heteroatoms. The first-order valence-electron chi connectivity index (χ1n) is 6.53. The van der Waals surface area contributed by atoms with Crippen LogP contribution in [0.1, 0.15) is 5.56 Å². The van der Waals surface area contributed by atoms with E-state index in [0.717, 1.165) is 25.7 Å². The Kier molecular flexibility index (Phi) is 6.61. The van der Waals surface area contributed by atoms with Crippen molar-refractivity contribution in [2.45, 2.75) is 11.3 Å². The molecule has 2 rings (SSSR count). The van der Waals surface area contributed by atoms with Crippen molar-refractivity contribution in [2.24, 2.45) is 0 Å². The summed E-state index contributed by atoms with van der Waals surface area (Å²) in [5, 5.41) is 3.67. The standard InChI is InChI=1S/C16H15BrClNOS/c17-13-3-1-12(2-4-13)11-16(20)19-9-10-21-15-7-5-14(18)6-8-15/h1-8H,9-11H2,(H,19,20). The summed E-state index contributed by atoms with van der Waals surface area (Å²) in [4.78, 5) is 13.0. The lowest BCUT2D eigenvalue weighted by atomic mass is 10.1. The summed E-state index contributed by atoms with van der Waals surface area (Å²) >= 11 is 10.9. The highest BCUT2D eigenvalue weighted by atomic mass is 79.9. The molecule has 2 aromatic carbocycles. The number of amides is 1. The highest BCUT2D eigenvalue weighted by Gasteiger charge is 2.03. The van der Waals surface area contributed by atoms with Crippen molar-refractivity contribution >= 4 is 45.2 Å². The number of hydrogen-bond donors (Lipinski definition) is 1. The molecule has 0 saturated heterocycles. The molecule has 2 aromatic rings. The van der Waals surface area contributed by atoms with Crippen molar-refractivity contribution in [2.75, 3.05) is 12.3 Å². The molecule has 0 aromatic heterocycles. The van der Waals surface area contributed by atoms with Gasteiger partial charge in [0, 0.05) is 26.7 Å². The quantitative estimate of drug-likeness (QED) is 0.584. The van der Waals surface area contributed by atoms with Crippen molar-refractivity contribution < 1.29 is 4.79 Å². The Morgan fingerprint density at radius 3 is 2.43 bits per heavy atom. The van der Waals surface area contributed by atoms with Gasteiger partial charge in [0.1, 0.15) is 0 Å². The Morgan fingerprint density at radius 1 is 1.10 bits per heavy atom. The molecular weight excluding hydrogens is 370 g/mol. The molecule has 0 spiro atoms. The van der Waals surface area contributed by atoms with Gasteiger partial charge in [-0.2, -0.15) is 0 Å². The zero-order valence-electron chi connectivity index (χ0n) is 11.3. The van der Waals surface area contributed by atoms with Crippen LogP contribution in [0.15, 0.2) is 57.9 Å². The van der Waals surface area contributed by atoms with Crippen LogP contribution >= 0.6 is 39.3 Å². The molecule has 21 heavy (non-hydrogen) atoms. The number of benzene rings is 2. The minimum Gasteiger partial charge on any atom is -0.355 e. The molecule has 0 bridgehead atoms. The van der Waals surface area contributed by atoms with Crippen LogP contribution in [-0.4, -0.2) is 18.2 Å². The Hall–Kier alpha value is -0.970. The lowest BCUT2D eigenvalue weighted by molar-refractivity contribution is -0.120. The van der Waals surface area contributed by atoms with Gasteiger partial charge in [-0.15, -0.1) is 11.8 Å².